The zero-order chi connectivity index (χ0) is 18.8. The Morgan fingerprint density at radius 3 is 2.56 bits per heavy atom. The van der Waals surface area contributed by atoms with Crippen molar-refractivity contribution in [1.82, 2.24) is 20.5 Å². The van der Waals surface area contributed by atoms with Gasteiger partial charge in [0.15, 0.2) is 5.96 Å². The first kappa shape index (κ1) is 23.9. The number of likely N-dealkylation sites (tertiary alicyclic amines) is 1. The number of halogens is 1. The first-order chi connectivity index (χ1) is 12.5. The smallest absolute Gasteiger partial charge is 0.213 e. The highest BCUT2D eigenvalue weighted by molar-refractivity contribution is 14.0. The van der Waals surface area contributed by atoms with E-state index in [1.54, 1.807) is 0 Å². The minimum absolute atomic E-state index is 0. The van der Waals surface area contributed by atoms with Crippen LogP contribution >= 0.6 is 24.0 Å². The molecule has 0 spiro atoms. The fourth-order valence-electron chi connectivity index (χ4n) is 3.12. The van der Waals surface area contributed by atoms with Crippen molar-refractivity contribution in [2.45, 2.75) is 58.5 Å². The summed E-state index contributed by atoms with van der Waals surface area (Å²) < 4.78 is 5.52. The molecule has 0 unspecified atom stereocenters. The van der Waals surface area contributed by atoms with E-state index in [9.17, 15) is 0 Å². The number of piperidine rings is 1. The molecule has 2 N–H and O–H groups in total. The number of hydrogen-bond donors (Lipinski definition) is 2. The number of ether oxygens (including phenoxy) is 1. The number of guanidine groups is 1. The van der Waals surface area contributed by atoms with Crippen LogP contribution < -0.4 is 15.4 Å². The van der Waals surface area contributed by atoms with Gasteiger partial charge in [-0.05, 0) is 51.8 Å². The Balaban J connectivity index is 0.00000364. The van der Waals surface area contributed by atoms with Crippen LogP contribution in [0.25, 0.3) is 0 Å². The van der Waals surface area contributed by atoms with Crippen LogP contribution in [-0.2, 0) is 6.54 Å². The molecular formula is C20H36IN5O. The summed E-state index contributed by atoms with van der Waals surface area (Å²) in [5.74, 6) is 1.50. The second-order valence-electron chi connectivity index (χ2n) is 7.49. The van der Waals surface area contributed by atoms with Gasteiger partial charge in [-0.2, -0.15) is 0 Å². The van der Waals surface area contributed by atoms with E-state index in [-0.39, 0.29) is 29.5 Å². The second-order valence-corrected chi connectivity index (χ2v) is 7.49. The Morgan fingerprint density at radius 2 is 1.96 bits per heavy atom. The molecular weight excluding hydrogens is 453 g/mol. The van der Waals surface area contributed by atoms with Crippen LogP contribution in [0.2, 0.25) is 0 Å². The summed E-state index contributed by atoms with van der Waals surface area (Å²) in [6.45, 7) is 11.3. The van der Waals surface area contributed by atoms with Gasteiger partial charge in [-0.3, -0.25) is 9.89 Å². The van der Waals surface area contributed by atoms with Crippen LogP contribution in [0.1, 0.15) is 52.0 Å². The molecule has 0 atom stereocenters. The van der Waals surface area contributed by atoms with Crippen molar-refractivity contribution in [1.29, 1.82) is 0 Å². The van der Waals surface area contributed by atoms with Gasteiger partial charge in [-0.1, -0.05) is 19.4 Å². The standard InChI is InChI=1S/C20H35N5O.HI/c1-5-13-26-18-10-9-17(14-22-18)15-23-19(21-4)24-16-20(2,3)25-11-7-6-8-12-25;/h9-10,14H,5-8,11-13,15-16H2,1-4H3,(H2,21,23,24);1H. The highest BCUT2D eigenvalue weighted by Crippen LogP contribution is 2.19. The van der Waals surface area contributed by atoms with Gasteiger partial charge in [0.25, 0.3) is 0 Å². The molecule has 0 aliphatic carbocycles. The normalized spacial score (nSPS) is 15.8. The van der Waals surface area contributed by atoms with Gasteiger partial charge in [0.1, 0.15) is 0 Å². The molecule has 6 nitrogen and oxygen atoms in total. The molecule has 1 aliphatic heterocycles. The lowest BCUT2D eigenvalue weighted by atomic mass is 9.98. The molecule has 1 saturated heterocycles. The maximum absolute atomic E-state index is 5.52. The van der Waals surface area contributed by atoms with Crippen molar-refractivity contribution in [2.75, 3.05) is 33.3 Å². The van der Waals surface area contributed by atoms with Crippen LogP contribution in [-0.4, -0.2) is 54.7 Å². The highest BCUT2D eigenvalue weighted by Gasteiger charge is 2.27. The molecule has 1 aromatic rings. The topological polar surface area (TPSA) is 61.8 Å². The van der Waals surface area contributed by atoms with Gasteiger partial charge >= 0.3 is 0 Å². The monoisotopic (exact) mass is 489 g/mol. The maximum atomic E-state index is 5.52. The largest absolute Gasteiger partial charge is 0.478 e. The number of rotatable bonds is 8. The zero-order valence-electron chi connectivity index (χ0n) is 17.3. The molecule has 0 saturated carbocycles. The van der Waals surface area contributed by atoms with Crippen LogP contribution in [0.3, 0.4) is 0 Å². The van der Waals surface area contributed by atoms with Crippen molar-refractivity contribution in [3.8, 4) is 5.88 Å². The third-order valence-electron chi connectivity index (χ3n) is 4.84. The fourth-order valence-corrected chi connectivity index (χ4v) is 3.12. The van der Waals surface area contributed by atoms with E-state index in [4.69, 9.17) is 4.74 Å². The van der Waals surface area contributed by atoms with E-state index < -0.39 is 0 Å². The lowest BCUT2D eigenvalue weighted by Crippen LogP contribution is -2.54. The van der Waals surface area contributed by atoms with Gasteiger partial charge in [-0.15, -0.1) is 24.0 Å². The molecule has 1 fully saturated rings. The van der Waals surface area contributed by atoms with Crippen molar-refractivity contribution >= 4 is 29.9 Å². The molecule has 0 bridgehead atoms. The summed E-state index contributed by atoms with van der Waals surface area (Å²) in [5, 5.41) is 6.83. The van der Waals surface area contributed by atoms with Gasteiger partial charge < -0.3 is 15.4 Å². The number of aromatic nitrogens is 1. The fraction of sp³-hybridized carbons (Fsp3) is 0.700. The second kappa shape index (κ2) is 12.4. The third-order valence-corrected chi connectivity index (χ3v) is 4.84. The number of aliphatic imine (C=N–C) groups is 1. The number of nitrogens with one attached hydrogen (secondary N) is 2. The molecule has 154 valence electrons. The summed E-state index contributed by atoms with van der Waals surface area (Å²) in [5.41, 5.74) is 1.23. The van der Waals surface area contributed by atoms with Crippen LogP contribution in [0, 0.1) is 0 Å². The molecule has 0 aromatic carbocycles. The Bertz CT molecular complexity index is 556. The first-order valence-electron chi connectivity index (χ1n) is 9.82. The molecule has 1 aromatic heterocycles. The van der Waals surface area contributed by atoms with Crippen LogP contribution in [0.15, 0.2) is 23.3 Å². The van der Waals surface area contributed by atoms with E-state index in [1.165, 1.54) is 32.4 Å². The van der Waals surface area contributed by atoms with E-state index >= 15 is 0 Å². The number of hydrogen-bond acceptors (Lipinski definition) is 4. The Labute approximate surface area is 181 Å². The van der Waals surface area contributed by atoms with Crippen molar-refractivity contribution in [3.05, 3.63) is 23.9 Å². The molecule has 2 rings (SSSR count). The number of nitrogens with zero attached hydrogens (tertiary/aromatic N) is 3. The molecule has 7 heteroatoms. The first-order valence-corrected chi connectivity index (χ1v) is 9.82. The lowest BCUT2D eigenvalue weighted by Gasteiger charge is -2.41. The zero-order valence-corrected chi connectivity index (χ0v) is 19.6. The quantitative estimate of drug-likeness (QED) is 0.333. The van der Waals surface area contributed by atoms with E-state index in [1.807, 2.05) is 25.4 Å². The molecule has 0 radical (unpaired) electrons. The Kier molecular flexibility index (Phi) is 11.0. The summed E-state index contributed by atoms with van der Waals surface area (Å²) >= 11 is 0. The summed E-state index contributed by atoms with van der Waals surface area (Å²) in [6, 6.07) is 3.96. The van der Waals surface area contributed by atoms with E-state index in [0.717, 1.165) is 24.5 Å². The minimum Gasteiger partial charge on any atom is -0.478 e. The highest BCUT2D eigenvalue weighted by atomic mass is 127. The summed E-state index contributed by atoms with van der Waals surface area (Å²) in [7, 11) is 1.81. The SMILES string of the molecule is CCCOc1ccc(CNC(=NC)NCC(C)(C)N2CCCCC2)cn1.I. The van der Waals surface area contributed by atoms with Crippen molar-refractivity contribution in [2.24, 2.45) is 4.99 Å². The molecule has 2 heterocycles. The predicted molar refractivity (Wildman–Crippen MR) is 123 cm³/mol. The van der Waals surface area contributed by atoms with Crippen molar-refractivity contribution < 1.29 is 4.74 Å². The number of pyridine rings is 1. The van der Waals surface area contributed by atoms with Gasteiger partial charge in [-0.25, -0.2) is 4.98 Å². The Morgan fingerprint density at radius 1 is 1.22 bits per heavy atom. The van der Waals surface area contributed by atoms with E-state index in [2.05, 4.69) is 46.3 Å². The van der Waals surface area contributed by atoms with Gasteiger partial charge in [0.2, 0.25) is 5.88 Å². The predicted octanol–water partition coefficient (Wildman–Crippen LogP) is 3.42. The summed E-state index contributed by atoms with van der Waals surface area (Å²) in [4.78, 5) is 11.3. The Hall–Kier alpha value is -1.09. The average Bonchev–Trinajstić information content (AvgIpc) is 2.68. The van der Waals surface area contributed by atoms with Gasteiger partial charge in [0, 0.05) is 37.9 Å². The van der Waals surface area contributed by atoms with Crippen LogP contribution in [0.5, 0.6) is 5.88 Å². The van der Waals surface area contributed by atoms with Crippen LogP contribution in [0.4, 0.5) is 0 Å². The lowest BCUT2D eigenvalue weighted by molar-refractivity contribution is 0.0982. The van der Waals surface area contributed by atoms with Gasteiger partial charge in [0.05, 0.1) is 6.61 Å². The average molecular weight is 489 g/mol. The summed E-state index contributed by atoms with van der Waals surface area (Å²) in [6.07, 6.45) is 6.81. The molecule has 1 aliphatic rings. The molecule has 27 heavy (non-hydrogen) atoms. The third kappa shape index (κ3) is 8.21. The molecule has 0 amide bonds. The minimum atomic E-state index is 0. The van der Waals surface area contributed by atoms with E-state index in [0.29, 0.717) is 19.0 Å². The van der Waals surface area contributed by atoms with Crippen molar-refractivity contribution in [3.63, 3.8) is 0 Å². The maximum Gasteiger partial charge on any atom is 0.213 e.